The number of likely N-dealkylation sites (N-methyl/N-ethyl adjacent to an activating group) is 1. The first-order valence-electron chi connectivity index (χ1n) is 8.33. The molecule has 1 aromatic carbocycles. The summed E-state index contributed by atoms with van der Waals surface area (Å²) in [7, 11) is 0. The van der Waals surface area contributed by atoms with E-state index in [1.165, 1.54) is 5.52 Å². The van der Waals surface area contributed by atoms with Crippen molar-refractivity contribution in [1.82, 2.24) is 14.5 Å². The minimum Gasteiger partial charge on any atom is -0.380 e. The minimum absolute atomic E-state index is 0.735. The number of aromatic nitrogens is 2. The Kier molecular flexibility index (Phi) is 4.95. The largest absolute Gasteiger partial charge is 0.380 e. The Bertz CT molecular complexity index is 602. The summed E-state index contributed by atoms with van der Waals surface area (Å²) in [5.41, 5.74) is 2.28. The van der Waals surface area contributed by atoms with E-state index in [1.807, 2.05) is 6.92 Å². The van der Waals surface area contributed by atoms with E-state index in [9.17, 15) is 0 Å². The van der Waals surface area contributed by atoms with Crippen molar-refractivity contribution in [3.63, 3.8) is 0 Å². The highest BCUT2D eigenvalue weighted by molar-refractivity contribution is 5.78. The summed E-state index contributed by atoms with van der Waals surface area (Å²) in [5, 5.41) is 0. The summed E-state index contributed by atoms with van der Waals surface area (Å²) in [6, 6.07) is 8.39. The smallest absolute Gasteiger partial charge is 0.206 e. The second-order valence-corrected chi connectivity index (χ2v) is 5.67. The third kappa shape index (κ3) is 3.10. The summed E-state index contributed by atoms with van der Waals surface area (Å²) in [4.78, 5) is 9.79. The van der Waals surface area contributed by atoms with Crippen LogP contribution in [0, 0.1) is 0 Å². The number of benzene rings is 1. The molecule has 5 heteroatoms. The Labute approximate surface area is 132 Å². The molecule has 0 radical (unpaired) electrons. The van der Waals surface area contributed by atoms with Gasteiger partial charge in [-0.2, -0.15) is 0 Å². The van der Waals surface area contributed by atoms with Crippen molar-refractivity contribution < 1.29 is 4.74 Å². The number of hydrogen-bond acceptors (Lipinski definition) is 4. The molecule has 0 saturated carbocycles. The fourth-order valence-electron chi connectivity index (χ4n) is 3.09. The summed E-state index contributed by atoms with van der Waals surface area (Å²) in [5.74, 6) is 1.09. The van der Waals surface area contributed by atoms with Gasteiger partial charge in [0, 0.05) is 39.3 Å². The second-order valence-electron chi connectivity index (χ2n) is 5.67. The van der Waals surface area contributed by atoms with E-state index in [-0.39, 0.29) is 0 Å². The Morgan fingerprint density at radius 1 is 1.09 bits per heavy atom. The number of nitrogens with zero attached hydrogens (tertiary/aromatic N) is 4. The number of fused-ring (bicyclic) bond motifs is 1. The quantitative estimate of drug-likeness (QED) is 0.766. The molecular weight excluding hydrogens is 276 g/mol. The molecule has 2 aromatic rings. The zero-order valence-electron chi connectivity index (χ0n) is 13.7. The van der Waals surface area contributed by atoms with Crippen molar-refractivity contribution in [2.45, 2.75) is 20.4 Å². The summed E-state index contributed by atoms with van der Waals surface area (Å²) >= 11 is 0. The Balaban J connectivity index is 1.85. The first-order valence-corrected chi connectivity index (χ1v) is 8.33. The Morgan fingerprint density at radius 2 is 1.86 bits per heavy atom. The lowest BCUT2D eigenvalue weighted by molar-refractivity contribution is 0.140. The minimum atomic E-state index is 0.735. The monoisotopic (exact) mass is 302 g/mol. The number of ether oxygens (including phenoxy) is 1. The maximum Gasteiger partial charge on any atom is 0.206 e. The van der Waals surface area contributed by atoms with E-state index in [4.69, 9.17) is 9.72 Å². The van der Waals surface area contributed by atoms with Crippen LogP contribution in [0.25, 0.3) is 11.0 Å². The van der Waals surface area contributed by atoms with Crippen LogP contribution in [0.1, 0.15) is 13.8 Å². The van der Waals surface area contributed by atoms with E-state index in [1.54, 1.807) is 0 Å². The second kappa shape index (κ2) is 7.11. The maximum absolute atomic E-state index is 5.56. The molecule has 0 amide bonds. The molecule has 0 N–H and O–H groups in total. The van der Waals surface area contributed by atoms with Crippen molar-refractivity contribution >= 4 is 17.0 Å². The molecule has 3 rings (SSSR count). The van der Waals surface area contributed by atoms with Crippen LogP contribution in [-0.2, 0) is 11.3 Å². The van der Waals surface area contributed by atoms with Crippen LogP contribution in [0.2, 0.25) is 0 Å². The lowest BCUT2D eigenvalue weighted by Gasteiger charge is -2.34. The van der Waals surface area contributed by atoms with Gasteiger partial charge in [-0.05, 0) is 25.6 Å². The fourth-order valence-corrected chi connectivity index (χ4v) is 3.09. The van der Waals surface area contributed by atoms with Crippen molar-refractivity contribution in [2.24, 2.45) is 0 Å². The molecule has 0 spiro atoms. The van der Waals surface area contributed by atoms with Crippen LogP contribution >= 0.6 is 0 Å². The molecule has 2 heterocycles. The molecule has 0 unspecified atom stereocenters. The molecule has 0 atom stereocenters. The lowest BCUT2D eigenvalue weighted by atomic mass is 10.3. The van der Waals surface area contributed by atoms with Crippen molar-refractivity contribution in [3.05, 3.63) is 24.3 Å². The Morgan fingerprint density at radius 3 is 2.59 bits per heavy atom. The zero-order chi connectivity index (χ0) is 15.4. The van der Waals surface area contributed by atoms with E-state index >= 15 is 0 Å². The van der Waals surface area contributed by atoms with Crippen molar-refractivity contribution in [2.75, 3.05) is 50.8 Å². The van der Waals surface area contributed by atoms with Gasteiger partial charge < -0.3 is 19.1 Å². The van der Waals surface area contributed by atoms with E-state index in [0.717, 1.165) is 63.9 Å². The van der Waals surface area contributed by atoms with Gasteiger partial charge in [-0.1, -0.05) is 19.1 Å². The average Bonchev–Trinajstić information content (AvgIpc) is 2.94. The number of rotatable bonds is 6. The SMILES string of the molecule is CCOCCn1c(N2CCN(CC)CC2)nc2ccccc21. The zero-order valence-corrected chi connectivity index (χ0v) is 13.7. The predicted octanol–water partition coefficient (Wildman–Crippen LogP) is 2.21. The summed E-state index contributed by atoms with van der Waals surface area (Å²) in [6.45, 7) is 12.1. The van der Waals surface area contributed by atoms with Gasteiger partial charge >= 0.3 is 0 Å². The highest BCUT2D eigenvalue weighted by atomic mass is 16.5. The molecule has 0 bridgehead atoms. The Hall–Kier alpha value is -1.59. The first-order chi connectivity index (χ1) is 10.8. The molecular formula is C17H26N4O. The van der Waals surface area contributed by atoms with E-state index in [0.29, 0.717) is 0 Å². The molecule has 1 aliphatic rings. The normalized spacial score (nSPS) is 16.5. The lowest BCUT2D eigenvalue weighted by Crippen LogP contribution is -2.47. The number of anilines is 1. The molecule has 1 fully saturated rings. The van der Waals surface area contributed by atoms with Crippen molar-refractivity contribution in [3.8, 4) is 0 Å². The molecule has 120 valence electrons. The van der Waals surface area contributed by atoms with Crippen molar-refractivity contribution in [1.29, 1.82) is 0 Å². The predicted molar refractivity (Wildman–Crippen MR) is 90.6 cm³/mol. The number of imidazole rings is 1. The molecule has 1 aliphatic heterocycles. The number of para-hydroxylation sites is 2. The van der Waals surface area contributed by atoms with Crippen LogP contribution in [0.5, 0.6) is 0 Å². The van der Waals surface area contributed by atoms with Gasteiger partial charge in [0.15, 0.2) is 0 Å². The van der Waals surface area contributed by atoms with Gasteiger partial charge in [-0.3, -0.25) is 0 Å². The molecule has 5 nitrogen and oxygen atoms in total. The summed E-state index contributed by atoms with van der Waals surface area (Å²) in [6.07, 6.45) is 0. The van der Waals surface area contributed by atoms with Gasteiger partial charge in [-0.25, -0.2) is 4.98 Å². The van der Waals surface area contributed by atoms with E-state index in [2.05, 4.69) is 45.6 Å². The maximum atomic E-state index is 5.56. The number of hydrogen-bond donors (Lipinski definition) is 0. The average molecular weight is 302 g/mol. The highest BCUT2D eigenvalue weighted by Gasteiger charge is 2.21. The first kappa shape index (κ1) is 15.3. The third-order valence-corrected chi connectivity index (χ3v) is 4.40. The van der Waals surface area contributed by atoms with E-state index < -0.39 is 0 Å². The van der Waals surface area contributed by atoms with Gasteiger partial charge in [0.25, 0.3) is 0 Å². The van der Waals surface area contributed by atoms with Crippen LogP contribution in [0.15, 0.2) is 24.3 Å². The molecule has 0 aliphatic carbocycles. The topological polar surface area (TPSA) is 33.5 Å². The van der Waals surface area contributed by atoms with Gasteiger partial charge in [0.05, 0.1) is 17.6 Å². The molecule has 1 saturated heterocycles. The highest BCUT2D eigenvalue weighted by Crippen LogP contribution is 2.23. The standard InChI is InChI=1S/C17H26N4O/c1-3-19-9-11-20(12-10-19)17-18-15-7-5-6-8-16(15)21(17)13-14-22-4-2/h5-8H,3-4,9-14H2,1-2H3. The fraction of sp³-hybridized carbons (Fsp3) is 0.588. The summed E-state index contributed by atoms with van der Waals surface area (Å²) < 4.78 is 7.87. The number of piperazine rings is 1. The van der Waals surface area contributed by atoms with Crippen LogP contribution in [-0.4, -0.2) is 60.4 Å². The molecule has 22 heavy (non-hydrogen) atoms. The molecule has 1 aromatic heterocycles. The van der Waals surface area contributed by atoms with Gasteiger partial charge in [0.1, 0.15) is 0 Å². The van der Waals surface area contributed by atoms with Gasteiger partial charge in [0.2, 0.25) is 5.95 Å². The van der Waals surface area contributed by atoms with Crippen LogP contribution in [0.4, 0.5) is 5.95 Å². The third-order valence-electron chi connectivity index (χ3n) is 4.40. The van der Waals surface area contributed by atoms with Crippen LogP contribution in [0.3, 0.4) is 0 Å². The van der Waals surface area contributed by atoms with Crippen LogP contribution < -0.4 is 4.90 Å². The van der Waals surface area contributed by atoms with Gasteiger partial charge in [-0.15, -0.1) is 0 Å².